The Balaban J connectivity index is 1.76. The van der Waals surface area contributed by atoms with E-state index in [1.165, 1.54) is 24.1 Å². The largest absolute Gasteiger partial charge is 0.348 e. The van der Waals surface area contributed by atoms with Crippen molar-refractivity contribution in [3.63, 3.8) is 0 Å². The minimum absolute atomic E-state index is 0.135. The van der Waals surface area contributed by atoms with Crippen molar-refractivity contribution < 1.29 is 4.79 Å². The standard InChI is InChI=1S/C16H19ClN4O/c1-11-15(16(22)18-13-5-3-2-4-6-13)20-21(19-11)14-9-7-12(17)8-10-14/h7-10,13H,2-6H2,1H3,(H,18,22). The first kappa shape index (κ1) is 15.0. The van der Waals surface area contributed by atoms with Crippen LogP contribution < -0.4 is 5.32 Å². The third kappa shape index (κ3) is 3.30. The zero-order valence-electron chi connectivity index (χ0n) is 12.6. The fourth-order valence-electron chi connectivity index (χ4n) is 2.78. The van der Waals surface area contributed by atoms with Crippen LogP contribution in [0.5, 0.6) is 0 Å². The molecule has 1 aromatic heterocycles. The number of nitrogens with one attached hydrogen (secondary N) is 1. The number of carbonyl (C=O) groups excluding carboxylic acids is 1. The average Bonchev–Trinajstić information content (AvgIpc) is 2.91. The van der Waals surface area contributed by atoms with Gasteiger partial charge >= 0.3 is 0 Å². The van der Waals surface area contributed by atoms with Gasteiger partial charge in [-0.2, -0.15) is 9.90 Å². The van der Waals surface area contributed by atoms with Gasteiger partial charge in [-0.25, -0.2) is 0 Å². The van der Waals surface area contributed by atoms with E-state index in [4.69, 9.17) is 11.6 Å². The number of halogens is 1. The Morgan fingerprint density at radius 3 is 2.55 bits per heavy atom. The molecule has 22 heavy (non-hydrogen) atoms. The van der Waals surface area contributed by atoms with Gasteiger partial charge in [0.25, 0.3) is 5.91 Å². The molecule has 1 amide bonds. The molecule has 0 saturated heterocycles. The maximum Gasteiger partial charge on any atom is 0.273 e. The Morgan fingerprint density at radius 1 is 1.18 bits per heavy atom. The molecule has 1 saturated carbocycles. The highest BCUT2D eigenvalue weighted by Crippen LogP contribution is 2.18. The lowest BCUT2D eigenvalue weighted by atomic mass is 9.95. The molecule has 0 radical (unpaired) electrons. The molecule has 0 unspecified atom stereocenters. The van der Waals surface area contributed by atoms with E-state index in [9.17, 15) is 4.79 Å². The zero-order chi connectivity index (χ0) is 15.5. The van der Waals surface area contributed by atoms with Crippen molar-refractivity contribution in [3.05, 3.63) is 40.7 Å². The van der Waals surface area contributed by atoms with Gasteiger partial charge in [0.15, 0.2) is 5.69 Å². The lowest BCUT2D eigenvalue weighted by Gasteiger charge is -2.22. The highest BCUT2D eigenvalue weighted by Gasteiger charge is 2.21. The number of rotatable bonds is 3. The monoisotopic (exact) mass is 318 g/mol. The Morgan fingerprint density at radius 2 is 1.86 bits per heavy atom. The molecule has 1 heterocycles. The topological polar surface area (TPSA) is 59.8 Å². The highest BCUT2D eigenvalue weighted by molar-refractivity contribution is 6.30. The molecule has 5 nitrogen and oxygen atoms in total. The molecule has 116 valence electrons. The zero-order valence-corrected chi connectivity index (χ0v) is 13.3. The SMILES string of the molecule is Cc1nn(-c2ccc(Cl)cc2)nc1C(=O)NC1CCCCC1. The number of amides is 1. The smallest absolute Gasteiger partial charge is 0.273 e. The third-order valence-electron chi connectivity index (χ3n) is 4.00. The molecule has 1 aromatic carbocycles. The van der Waals surface area contributed by atoms with Crippen molar-refractivity contribution in [1.29, 1.82) is 0 Å². The van der Waals surface area contributed by atoms with E-state index in [2.05, 4.69) is 15.5 Å². The fourth-order valence-corrected chi connectivity index (χ4v) is 2.91. The van der Waals surface area contributed by atoms with Gasteiger partial charge in [-0.1, -0.05) is 30.9 Å². The predicted molar refractivity (Wildman–Crippen MR) is 85.4 cm³/mol. The number of aromatic nitrogens is 3. The minimum atomic E-state index is -0.135. The molecule has 2 aromatic rings. The second kappa shape index (κ2) is 6.48. The molecule has 1 aliphatic rings. The van der Waals surface area contributed by atoms with Gasteiger partial charge in [-0.15, -0.1) is 5.10 Å². The van der Waals surface area contributed by atoms with Gasteiger partial charge in [0.2, 0.25) is 0 Å². The van der Waals surface area contributed by atoms with Crippen LogP contribution in [0.25, 0.3) is 5.69 Å². The first-order chi connectivity index (χ1) is 10.6. The fraction of sp³-hybridized carbons (Fsp3) is 0.438. The number of nitrogens with zero attached hydrogens (tertiary/aromatic N) is 3. The molecule has 3 rings (SSSR count). The van der Waals surface area contributed by atoms with Gasteiger partial charge in [0.1, 0.15) is 0 Å². The maximum atomic E-state index is 12.4. The van der Waals surface area contributed by atoms with Crippen LogP contribution in [-0.2, 0) is 0 Å². The van der Waals surface area contributed by atoms with Gasteiger partial charge in [0.05, 0.1) is 11.4 Å². The number of carbonyl (C=O) groups is 1. The van der Waals surface area contributed by atoms with Crippen molar-refractivity contribution >= 4 is 17.5 Å². The summed E-state index contributed by atoms with van der Waals surface area (Å²) in [5, 5.41) is 12.4. The van der Waals surface area contributed by atoms with Crippen molar-refractivity contribution in [1.82, 2.24) is 20.3 Å². The molecule has 0 atom stereocenters. The molecule has 0 bridgehead atoms. The van der Waals surface area contributed by atoms with Crippen LogP contribution in [0.2, 0.25) is 5.02 Å². The number of aryl methyl sites for hydroxylation is 1. The molecular weight excluding hydrogens is 300 g/mol. The first-order valence-corrected chi connectivity index (χ1v) is 8.02. The predicted octanol–water partition coefficient (Wildman–Crippen LogP) is 3.29. The summed E-state index contributed by atoms with van der Waals surface area (Å²) < 4.78 is 0. The summed E-state index contributed by atoms with van der Waals surface area (Å²) in [6, 6.07) is 7.46. The summed E-state index contributed by atoms with van der Waals surface area (Å²) in [6.07, 6.45) is 5.73. The third-order valence-corrected chi connectivity index (χ3v) is 4.25. The molecule has 1 N–H and O–H groups in total. The van der Waals surface area contributed by atoms with Crippen LogP contribution in [0.4, 0.5) is 0 Å². The van der Waals surface area contributed by atoms with Gasteiger partial charge in [0, 0.05) is 11.1 Å². The normalized spacial score (nSPS) is 15.7. The second-order valence-corrected chi connectivity index (χ2v) is 6.14. The molecule has 6 heteroatoms. The number of benzene rings is 1. The van der Waals surface area contributed by atoms with Crippen LogP contribution in [0.15, 0.2) is 24.3 Å². The van der Waals surface area contributed by atoms with Gasteiger partial charge in [-0.3, -0.25) is 4.79 Å². The first-order valence-electron chi connectivity index (χ1n) is 7.64. The summed E-state index contributed by atoms with van der Waals surface area (Å²) in [5.41, 5.74) is 1.80. The molecular formula is C16H19ClN4O. The molecule has 0 spiro atoms. The van der Waals surface area contributed by atoms with Crippen molar-refractivity contribution in [3.8, 4) is 5.69 Å². The van der Waals surface area contributed by atoms with Crippen LogP contribution in [0.1, 0.15) is 48.3 Å². The number of hydrogen-bond acceptors (Lipinski definition) is 3. The van der Waals surface area contributed by atoms with E-state index >= 15 is 0 Å². The average molecular weight is 319 g/mol. The number of hydrogen-bond donors (Lipinski definition) is 1. The summed E-state index contributed by atoms with van der Waals surface area (Å²) in [5.74, 6) is -0.135. The van der Waals surface area contributed by atoms with Crippen LogP contribution in [-0.4, -0.2) is 26.9 Å². The van der Waals surface area contributed by atoms with Crippen molar-refractivity contribution in [2.45, 2.75) is 45.1 Å². The Kier molecular flexibility index (Phi) is 4.43. The van der Waals surface area contributed by atoms with E-state index in [-0.39, 0.29) is 11.9 Å². The second-order valence-electron chi connectivity index (χ2n) is 5.71. The summed E-state index contributed by atoms with van der Waals surface area (Å²) >= 11 is 5.88. The van der Waals surface area contributed by atoms with Crippen LogP contribution >= 0.6 is 11.6 Å². The van der Waals surface area contributed by atoms with Gasteiger partial charge < -0.3 is 5.32 Å². The Hall–Kier alpha value is -1.88. The highest BCUT2D eigenvalue weighted by atomic mass is 35.5. The quantitative estimate of drug-likeness (QED) is 0.944. The van der Waals surface area contributed by atoms with Crippen molar-refractivity contribution in [2.75, 3.05) is 0 Å². The minimum Gasteiger partial charge on any atom is -0.348 e. The van der Waals surface area contributed by atoms with E-state index < -0.39 is 0 Å². The lowest BCUT2D eigenvalue weighted by molar-refractivity contribution is 0.0921. The van der Waals surface area contributed by atoms with E-state index in [0.29, 0.717) is 16.4 Å². The van der Waals surface area contributed by atoms with E-state index in [1.54, 1.807) is 19.1 Å². The molecule has 0 aliphatic heterocycles. The Labute approximate surface area is 134 Å². The van der Waals surface area contributed by atoms with Crippen molar-refractivity contribution in [2.24, 2.45) is 0 Å². The van der Waals surface area contributed by atoms with Crippen LogP contribution in [0, 0.1) is 6.92 Å². The maximum absolute atomic E-state index is 12.4. The lowest BCUT2D eigenvalue weighted by Crippen LogP contribution is -2.36. The molecule has 1 fully saturated rings. The summed E-state index contributed by atoms with van der Waals surface area (Å²) in [6.45, 7) is 1.80. The van der Waals surface area contributed by atoms with E-state index in [0.717, 1.165) is 18.5 Å². The summed E-state index contributed by atoms with van der Waals surface area (Å²) in [7, 11) is 0. The molecule has 1 aliphatic carbocycles. The summed E-state index contributed by atoms with van der Waals surface area (Å²) in [4.78, 5) is 13.9. The van der Waals surface area contributed by atoms with Crippen LogP contribution in [0.3, 0.4) is 0 Å². The Bertz CT molecular complexity index is 659. The van der Waals surface area contributed by atoms with Gasteiger partial charge in [-0.05, 0) is 44.0 Å². The van der Waals surface area contributed by atoms with E-state index in [1.807, 2.05) is 12.1 Å².